The van der Waals surface area contributed by atoms with Crippen molar-refractivity contribution in [1.82, 2.24) is 43.6 Å². The van der Waals surface area contributed by atoms with Crippen molar-refractivity contribution in [1.29, 1.82) is 0 Å². The Morgan fingerprint density at radius 3 is 0.809 bits per heavy atom. The Balaban J connectivity index is 0.000000115. The van der Waals surface area contributed by atoms with Crippen molar-refractivity contribution >= 4 is 127 Å². The molecule has 18 aromatic carbocycles. The number of hydrogen-bond acceptors (Lipinski definition) is 9. The summed E-state index contributed by atoms with van der Waals surface area (Å²) in [4.78, 5) is 36.0. The van der Waals surface area contributed by atoms with Crippen molar-refractivity contribution in [3.63, 3.8) is 0 Å². The van der Waals surface area contributed by atoms with Gasteiger partial charge in [0.1, 0.15) is 5.82 Å². The van der Waals surface area contributed by atoms with Crippen LogP contribution < -0.4 is 14.7 Å². The topological polar surface area (TPSA) is 102 Å². The van der Waals surface area contributed by atoms with E-state index in [1.54, 1.807) is 6.20 Å². The maximum Gasteiger partial charge on any atom is 0.235 e. The van der Waals surface area contributed by atoms with Crippen LogP contribution in [0.5, 0.6) is 0 Å². The molecule has 25 rings (SSSR count). The summed E-state index contributed by atoms with van der Waals surface area (Å²) >= 11 is 0. The molecule has 0 saturated heterocycles. The molecule has 0 atom stereocenters. The predicted octanol–water partition coefficient (Wildman–Crippen LogP) is 32.3. The molecule has 25 aromatic rings. The van der Waals surface area contributed by atoms with Gasteiger partial charge < -0.3 is 14.7 Å². The fourth-order valence-corrected chi connectivity index (χ4v) is 18.7. The van der Waals surface area contributed by atoms with Gasteiger partial charge in [0.2, 0.25) is 11.9 Å². The van der Waals surface area contributed by atoms with Gasteiger partial charge in [-0.1, -0.05) is 309 Å². The molecule has 7 aromatic heterocycles. The lowest BCUT2D eigenvalue weighted by atomic mass is 10.0. The third kappa shape index (κ3) is 16.2. The first-order valence-electron chi connectivity index (χ1n) is 45.7. The van der Waals surface area contributed by atoms with E-state index >= 15 is 0 Å². The van der Waals surface area contributed by atoms with E-state index in [2.05, 4.69) is 488 Å². The molecular formula is C124H86N12. The summed E-state index contributed by atoms with van der Waals surface area (Å²) in [5.41, 5.74) is 29.6. The Morgan fingerprint density at radius 1 is 0.169 bits per heavy atom. The number of rotatable bonds is 18. The van der Waals surface area contributed by atoms with E-state index in [0.29, 0.717) is 11.9 Å². The molecule has 0 bridgehead atoms. The summed E-state index contributed by atoms with van der Waals surface area (Å²) in [5.74, 6) is 2.20. The van der Waals surface area contributed by atoms with Crippen molar-refractivity contribution in [3.05, 3.63) is 522 Å². The highest BCUT2D eigenvalue weighted by Crippen LogP contribution is 2.44. The Labute approximate surface area is 787 Å². The van der Waals surface area contributed by atoms with Crippen molar-refractivity contribution in [2.24, 2.45) is 0 Å². The first kappa shape index (κ1) is 81.9. The maximum atomic E-state index is 5.18. The number of hydrogen-bond donors (Lipinski definition) is 0. The molecule has 0 amide bonds. The van der Waals surface area contributed by atoms with E-state index in [1.165, 1.54) is 38.2 Å². The molecule has 0 aliphatic rings. The molecule has 642 valence electrons. The second-order valence-electron chi connectivity index (χ2n) is 33.5. The molecule has 12 nitrogen and oxygen atoms in total. The van der Waals surface area contributed by atoms with Gasteiger partial charge in [-0.3, -0.25) is 18.7 Å². The van der Waals surface area contributed by atoms with Crippen LogP contribution in [0.4, 0.5) is 51.2 Å². The van der Waals surface area contributed by atoms with Gasteiger partial charge in [0, 0.05) is 142 Å². The summed E-state index contributed by atoms with van der Waals surface area (Å²) in [6.07, 6.45) is 9.44. The van der Waals surface area contributed by atoms with E-state index in [9.17, 15) is 0 Å². The minimum absolute atomic E-state index is 0.649. The third-order valence-electron chi connectivity index (χ3n) is 25.2. The van der Waals surface area contributed by atoms with E-state index in [4.69, 9.17) is 24.9 Å². The number of pyridine rings is 2. The second kappa shape index (κ2) is 36.8. The number of aromatic nitrogens is 9. The molecule has 0 N–H and O–H groups in total. The number of benzene rings is 18. The average molecular weight is 1740 g/mol. The highest BCUT2D eigenvalue weighted by Gasteiger charge is 2.23. The number of para-hydroxylation sites is 9. The molecule has 0 saturated carbocycles. The lowest BCUT2D eigenvalue weighted by molar-refractivity contribution is 0.990. The van der Waals surface area contributed by atoms with E-state index in [1.807, 2.05) is 61.2 Å². The molecule has 0 aliphatic carbocycles. The van der Waals surface area contributed by atoms with Gasteiger partial charge in [-0.05, 0) is 221 Å². The average Bonchev–Trinajstić information content (AvgIpc) is 1.59. The fraction of sp³-hybridized carbons (Fsp3) is 0. The van der Waals surface area contributed by atoms with Crippen LogP contribution >= 0.6 is 0 Å². The second-order valence-corrected chi connectivity index (χ2v) is 33.5. The van der Waals surface area contributed by atoms with Gasteiger partial charge in [0.15, 0.2) is 0 Å². The van der Waals surface area contributed by atoms with Crippen molar-refractivity contribution in [2.45, 2.75) is 0 Å². The first-order valence-corrected chi connectivity index (χ1v) is 45.7. The molecule has 0 radical (unpaired) electrons. The smallest absolute Gasteiger partial charge is 0.235 e. The maximum absolute atomic E-state index is 5.18. The Kier molecular flexibility index (Phi) is 22.2. The molecule has 0 fully saturated rings. The molecule has 0 spiro atoms. The zero-order valence-electron chi connectivity index (χ0n) is 74.0. The van der Waals surface area contributed by atoms with Gasteiger partial charge in [-0.2, -0.15) is 0 Å². The van der Waals surface area contributed by atoms with Gasteiger partial charge >= 0.3 is 0 Å². The molecule has 7 heterocycles. The standard InChI is InChI=1S/C46H32N4.C40H28N4.C38H26N4/c1-5-15-34(16-6-1)42-32-43(35-17-7-2-8-18-35)48-46(47-42)50-44-24-14-13-23-40(44)41-31-36(27-30-45(41)50)33-25-28-39(29-26-33)49(37-19-9-3-10-20-37)38-21-11-4-12-22-38;1-4-12-29(13-5-1)32-27-41-40(42-28-32)44-38-19-11-10-18-36(38)37-26-31(22-25-39(37)44)30-20-23-35(24-21-30)43(33-14-6-2-7-15-33)34-16-8-3-9-17-34;1-3-9-31(10-4-1)41(32-11-5-2-6-12-32)33-18-15-27(16-19-33)28-17-20-37-35(23-28)34-13-7-8-14-36(34)42(37)38-24-30-25-39-22-21-29(30)26-40-38/h1-32H;1-28H;1-26H. The molecule has 136 heavy (non-hydrogen) atoms. The van der Waals surface area contributed by atoms with E-state index < -0.39 is 0 Å². The Bertz CT molecular complexity index is 8350. The fourth-order valence-electron chi connectivity index (χ4n) is 18.7. The van der Waals surface area contributed by atoms with Crippen LogP contribution in [0.2, 0.25) is 0 Å². The van der Waals surface area contributed by atoms with Crippen LogP contribution in [0.15, 0.2) is 522 Å². The zero-order chi connectivity index (χ0) is 90.5. The largest absolute Gasteiger partial charge is 0.311 e. The Hall–Kier alpha value is -18.5. The first-order chi connectivity index (χ1) is 67.5. The third-order valence-corrected chi connectivity index (χ3v) is 25.2. The minimum Gasteiger partial charge on any atom is -0.311 e. The quantitative estimate of drug-likeness (QED) is 0.0831. The van der Waals surface area contributed by atoms with E-state index in [0.717, 1.165) is 162 Å². The van der Waals surface area contributed by atoms with Crippen LogP contribution in [0, 0.1) is 0 Å². The lowest BCUT2D eigenvalue weighted by Crippen LogP contribution is -2.09. The summed E-state index contributed by atoms with van der Waals surface area (Å²) < 4.78 is 6.61. The summed E-state index contributed by atoms with van der Waals surface area (Å²) in [7, 11) is 0. The molecule has 0 aliphatic heterocycles. The van der Waals surface area contributed by atoms with E-state index in [-0.39, 0.29) is 0 Å². The van der Waals surface area contributed by atoms with Crippen LogP contribution in [-0.4, -0.2) is 43.6 Å². The summed E-state index contributed by atoms with van der Waals surface area (Å²) in [6, 6.07) is 172. The SMILES string of the molecule is c1ccc(-c2cc(-c3ccccc3)nc(-n3c4ccccc4c4cc(-c5ccc(N(c6ccccc6)c6ccccc6)cc5)ccc43)n2)cc1.c1ccc(-c2cnc(-n3c4ccccc4c4cc(-c5ccc(N(c6ccccc6)c6ccccc6)cc5)ccc43)nc2)cc1.c1ccc(N(c2ccccc2)c2ccc(-c3ccc4c(c3)c3ccccc3n4-c3cc4cnccc4cn3)cc2)cc1. The number of fused-ring (bicyclic) bond motifs is 10. The Morgan fingerprint density at radius 2 is 0.449 bits per heavy atom. The molecule has 0 unspecified atom stereocenters. The monoisotopic (exact) mass is 1740 g/mol. The van der Waals surface area contributed by atoms with Gasteiger partial charge in [0.05, 0.1) is 44.5 Å². The highest BCUT2D eigenvalue weighted by atomic mass is 15.2. The van der Waals surface area contributed by atoms with Crippen LogP contribution in [0.1, 0.15) is 0 Å². The minimum atomic E-state index is 0.649. The van der Waals surface area contributed by atoms with Crippen molar-refractivity contribution in [2.75, 3.05) is 14.7 Å². The lowest BCUT2D eigenvalue weighted by Gasteiger charge is -2.25. The van der Waals surface area contributed by atoms with Crippen molar-refractivity contribution < 1.29 is 0 Å². The highest BCUT2D eigenvalue weighted by molar-refractivity contribution is 6.13. The van der Waals surface area contributed by atoms with Gasteiger partial charge in [-0.25, -0.2) is 24.9 Å². The normalized spacial score (nSPS) is 11.2. The number of anilines is 9. The predicted molar refractivity (Wildman–Crippen MR) is 563 cm³/mol. The molecular weight excluding hydrogens is 1660 g/mol. The van der Waals surface area contributed by atoms with Gasteiger partial charge in [0.25, 0.3) is 0 Å². The summed E-state index contributed by atoms with van der Waals surface area (Å²) in [6.45, 7) is 0. The van der Waals surface area contributed by atoms with Crippen molar-refractivity contribution in [3.8, 4) is 84.7 Å². The van der Waals surface area contributed by atoms with Crippen LogP contribution in [-0.2, 0) is 0 Å². The summed E-state index contributed by atoms with van der Waals surface area (Å²) in [5, 5.41) is 9.24. The zero-order valence-corrected chi connectivity index (χ0v) is 74.0. The van der Waals surface area contributed by atoms with Crippen LogP contribution in [0.3, 0.4) is 0 Å². The van der Waals surface area contributed by atoms with Gasteiger partial charge in [-0.15, -0.1) is 0 Å². The van der Waals surface area contributed by atoms with Crippen LogP contribution in [0.25, 0.3) is 161 Å². The number of nitrogens with zero attached hydrogens (tertiary/aromatic N) is 12. The molecule has 12 heteroatoms.